The first-order valence-corrected chi connectivity index (χ1v) is 9.72. The van der Waals surface area contributed by atoms with Gasteiger partial charge in [-0.1, -0.05) is 6.07 Å². The van der Waals surface area contributed by atoms with Gasteiger partial charge in [0.05, 0.1) is 34.4 Å². The van der Waals surface area contributed by atoms with Crippen LogP contribution in [0.2, 0.25) is 0 Å². The highest BCUT2D eigenvalue weighted by Gasteiger charge is 2.23. The Labute approximate surface area is 163 Å². The fraction of sp³-hybridized carbons (Fsp3) is 0.211. The number of nitriles is 1. The van der Waals surface area contributed by atoms with E-state index in [2.05, 4.69) is 10.6 Å². The van der Waals surface area contributed by atoms with E-state index in [-0.39, 0.29) is 10.8 Å². The van der Waals surface area contributed by atoms with Crippen molar-refractivity contribution in [1.29, 1.82) is 5.26 Å². The zero-order valence-corrected chi connectivity index (χ0v) is 16.5. The Bertz CT molecular complexity index is 1040. The predicted molar refractivity (Wildman–Crippen MR) is 105 cm³/mol. The molecule has 8 nitrogen and oxygen atoms in total. The molecular weight excluding hydrogens is 380 g/mol. The third-order valence-electron chi connectivity index (χ3n) is 3.82. The highest BCUT2D eigenvalue weighted by molar-refractivity contribution is 7.89. The van der Waals surface area contributed by atoms with Crippen molar-refractivity contribution in [3.63, 3.8) is 0 Å². The summed E-state index contributed by atoms with van der Waals surface area (Å²) in [6, 6.07) is 12.5. The van der Waals surface area contributed by atoms with Crippen LogP contribution in [0.1, 0.15) is 18.1 Å². The lowest BCUT2D eigenvalue weighted by atomic mass is 10.2. The van der Waals surface area contributed by atoms with Gasteiger partial charge in [-0.15, -0.1) is 0 Å². The topological polar surface area (TPSA) is 119 Å². The molecule has 28 heavy (non-hydrogen) atoms. The number of carbonyl (C=O) groups is 2. The number of nitrogens with zero attached hydrogens (tertiary/aromatic N) is 2. The molecule has 9 heteroatoms. The monoisotopic (exact) mass is 400 g/mol. The Kier molecular flexibility index (Phi) is 6.51. The first-order valence-electron chi connectivity index (χ1n) is 8.28. The second-order valence-electron chi connectivity index (χ2n) is 6.18. The molecule has 0 aromatic heterocycles. The maximum absolute atomic E-state index is 12.6. The van der Waals surface area contributed by atoms with Gasteiger partial charge in [-0.05, 0) is 48.9 Å². The zero-order chi connectivity index (χ0) is 20.9. The summed E-state index contributed by atoms with van der Waals surface area (Å²) in [7, 11) is -2.61. The predicted octanol–water partition coefficient (Wildman–Crippen LogP) is 2.08. The van der Waals surface area contributed by atoms with Crippen LogP contribution in [-0.2, 0) is 19.6 Å². The number of carbonyl (C=O) groups excluding carboxylic acids is 2. The Morgan fingerprint density at radius 3 is 2.29 bits per heavy atom. The molecule has 0 aliphatic heterocycles. The van der Waals surface area contributed by atoms with Gasteiger partial charge in [-0.2, -0.15) is 9.57 Å². The number of likely N-dealkylation sites (N-methyl/N-ethyl adjacent to an activating group) is 1. The van der Waals surface area contributed by atoms with E-state index in [0.29, 0.717) is 16.9 Å². The van der Waals surface area contributed by atoms with Crippen molar-refractivity contribution >= 4 is 33.2 Å². The van der Waals surface area contributed by atoms with E-state index in [1.807, 2.05) is 13.0 Å². The number of sulfonamides is 1. The van der Waals surface area contributed by atoms with Crippen LogP contribution in [0.4, 0.5) is 11.4 Å². The molecule has 0 heterocycles. The average Bonchev–Trinajstić information content (AvgIpc) is 2.63. The van der Waals surface area contributed by atoms with Gasteiger partial charge in [0.25, 0.3) is 0 Å². The number of anilines is 2. The molecule has 0 atom stereocenters. The average molecular weight is 400 g/mol. The van der Waals surface area contributed by atoms with Crippen LogP contribution < -0.4 is 10.6 Å². The fourth-order valence-corrected chi connectivity index (χ4v) is 3.55. The van der Waals surface area contributed by atoms with Crippen molar-refractivity contribution in [2.24, 2.45) is 0 Å². The third kappa shape index (κ3) is 5.16. The number of benzene rings is 2. The first-order chi connectivity index (χ1) is 13.1. The molecule has 0 fully saturated rings. The number of hydrogen-bond donors (Lipinski definition) is 2. The Morgan fingerprint density at radius 2 is 1.71 bits per heavy atom. The fourth-order valence-electron chi connectivity index (χ4n) is 2.42. The maximum Gasteiger partial charge on any atom is 0.243 e. The molecule has 0 spiro atoms. The molecule has 0 radical (unpaired) electrons. The van der Waals surface area contributed by atoms with Crippen molar-refractivity contribution < 1.29 is 18.0 Å². The molecule has 0 aliphatic rings. The van der Waals surface area contributed by atoms with Crippen LogP contribution in [-0.4, -0.2) is 38.1 Å². The van der Waals surface area contributed by atoms with Gasteiger partial charge in [-0.25, -0.2) is 8.42 Å². The van der Waals surface area contributed by atoms with E-state index in [0.717, 1.165) is 9.87 Å². The van der Waals surface area contributed by atoms with Crippen LogP contribution in [0.3, 0.4) is 0 Å². The van der Waals surface area contributed by atoms with Crippen LogP contribution in [0.15, 0.2) is 47.4 Å². The molecule has 146 valence electrons. The minimum atomic E-state index is -3.90. The van der Waals surface area contributed by atoms with Gasteiger partial charge in [0.1, 0.15) is 0 Å². The summed E-state index contributed by atoms with van der Waals surface area (Å²) >= 11 is 0. The number of amides is 2. The standard InChI is InChI=1S/C19H20N4O4S/c1-13-4-9-17(21-14(2)24)18(10-13)22-19(25)12-23(3)28(26,27)16-7-5-15(11-20)6-8-16/h4-10H,12H2,1-3H3,(H,21,24)(H,22,25). The second-order valence-corrected chi connectivity index (χ2v) is 8.22. The summed E-state index contributed by atoms with van der Waals surface area (Å²) in [5.74, 6) is -0.850. The van der Waals surface area contributed by atoms with Crippen molar-refractivity contribution in [2.75, 3.05) is 24.2 Å². The first kappa shape index (κ1) is 21.1. The van der Waals surface area contributed by atoms with Gasteiger partial charge in [0.2, 0.25) is 21.8 Å². The molecule has 0 saturated heterocycles. The molecule has 2 rings (SSSR count). The van der Waals surface area contributed by atoms with Gasteiger partial charge in [0.15, 0.2) is 0 Å². The molecule has 2 N–H and O–H groups in total. The molecule has 0 saturated carbocycles. The van der Waals surface area contributed by atoms with E-state index in [1.165, 1.54) is 38.2 Å². The quantitative estimate of drug-likeness (QED) is 0.769. The second kappa shape index (κ2) is 8.65. The smallest absolute Gasteiger partial charge is 0.243 e. The molecule has 2 amide bonds. The van der Waals surface area contributed by atoms with Crippen LogP contribution in [0.5, 0.6) is 0 Å². The van der Waals surface area contributed by atoms with Gasteiger partial charge >= 0.3 is 0 Å². The lowest BCUT2D eigenvalue weighted by Gasteiger charge is -2.18. The summed E-state index contributed by atoms with van der Waals surface area (Å²) in [6.07, 6.45) is 0. The SMILES string of the molecule is CC(=O)Nc1ccc(C)cc1NC(=O)CN(C)S(=O)(=O)c1ccc(C#N)cc1. The molecule has 0 unspecified atom stereocenters. The Morgan fingerprint density at radius 1 is 1.07 bits per heavy atom. The van der Waals surface area contributed by atoms with Crippen molar-refractivity contribution in [3.05, 3.63) is 53.6 Å². The van der Waals surface area contributed by atoms with E-state index in [9.17, 15) is 18.0 Å². The number of nitrogens with one attached hydrogen (secondary N) is 2. The summed E-state index contributed by atoms with van der Waals surface area (Å²) in [5.41, 5.74) is 2.00. The minimum Gasteiger partial charge on any atom is -0.325 e. The normalized spacial score (nSPS) is 11.0. The van der Waals surface area contributed by atoms with Crippen molar-refractivity contribution in [1.82, 2.24) is 4.31 Å². The highest BCUT2D eigenvalue weighted by atomic mass is 32.2. The van der Waals surface area contributed by atoms with Gasteiger partial charge < -0.3 is 10.6 Å². The summed E-state index contributed by atoms with van der Waals surface area (Å²) < 4.78 is 26.1. The summed E-state index contributed by atoms with van der Waals surface area (Å²) in [5, 5.41) is 14.0. The van der Waals surface area contributed by atoms with Crippen LogP contribution >= 0.6 is 0 Å². The largest absolute Gasteiger partial charge is 0.325 e. The molecule has 0 aliphatic carbocycles. The Hall–Kier alpha value is -3.22. The maximum atomic E-state index is 12.6. The van der Waals surface area contributed by atoms with E-state index < -0.39 is 22.5 Å². The van der Waals surface area contributed by atoms with Crippen molar-refractivity contribution in [2.45, 2.75) is 18.7 Å². The number of rotatable bonds is 6. The summed E-state index contributed by atoms with van der Waals surface area (Å²) in [6.45, 7) is 2.76. The minimum absolute atomic E-state index is 0.0173. The molecule has 2 aromatic rings. The molecular formula is C19H20N4O4S. The lowest BCUT2D eigenvalue weighted by Crippen LogP contribution is -2.35. The van der Waals surface area contributed by atoms with Gasteiger partial charge in [-0.3, -0.25) is 9.59 Å². The molecule has 2 aromatic carbocycles. The lowest BCUT2D eigenvalue weighted by molar-refractivity contribution is -0.116. The Balaban J connectivity index is 2.15. The summed E-state index contributed by atoms with van der Waals surface area (Å²) in [4.78, 5) is 23.7. The molecule has 0 bridgehead atoms. The van der Waals surface area contributed by atoms with E-state index in [1.54, 1.807) is 18.2 Å². The number of hydrogen-bond acceptors (Lipinski definition) is 5. The van der Waals surface area contributed by atoms with Gasteiger partial charge in [0, 0.05) is 14.0 Å². The highest BCUT2D eigenvalue weighted by Crippen LogP contribution is 2.23. The third-order valence-corrected chi connectivity index (χ3v) is 5.64. The van der Waals surface area contributed by atoms with E-state index >= 15 is 0 Å². The van der Waals surface area contributed by atoms with Crippen LogP contribution in [0.25, 0.3) is 0 Å². The van der Waals surface area contributed by atoms with Crippen LogP contribution in [0, 0.1) is 18.3 Å². The van der Waals surface area contributed by atoms with E-state index in [4.69, 9.17) is 5.26 Å². The zero-order valence-electron chi connectivity index (χ0n) is 15.7. The van der Waals surface area contributed by atoms with Crippen molar-refractivity contribution in [3.8, 4) is 6.07 Å². The number of aryl methyl sites for hydroxylation is 1.